The van der Waals surface area contributed by atoms with Crippen LogP contribution >= 0.6 is 23.2 Å². The molecule has 108 valence electrons. The summed E-state index contributed by atoms with van der Waals surface area (Å²) in [5.41, 5.74) is 0.836. The van der Waals surface area contributed by atoms with Crippen LogP contribution in [0.1, 0.15) is 10.4 Å². The fraction of sp³-hybridized carbons (Fsp3) is 0. The number of carbonyl (C=O) groups excluding carboxylic acids is 1. The first-order valence-corrected chi connectivity index (χ1v) is 6.58. The maximum atomic E-state index is 11.8. The van der Waals surface area contributed by atoms with Gasteiger partial charge in [0.05, 0.1) is 16.3 Å². The molecule has 0 spiro atoms. The molecule has 0 aliphatic carbocycles. The van der Waals surface area contributed by atoms with E-state index >= 15 is 0 Å². The van der Waals surface area contributed by atoms with Crippen molar-refractivity contribution < 1.29 is 14.7 Å². The Labute approximate surface area is 130 Å². The minimum atomic E-state index is -1.07. The van der Waals surface area contributed by atoms with Gasteiger partial charge in [0, 0.05) is 10.7 Å². The molecule has 0 radical (unpaired) electrons. The van der Waals surface area contributed by atoms with E-state index in [4.69, 9.17) is 28.3 Å². The van der Waals surface area contributed by atoms with Gasteiger partial charge in [0.15, 0.2) is 0 Å². The van der Waals surface area contributed by atoms with Crippen LogP contribution in [0.5, 0.6) is 0 Å². The average Bonchev–Trinajstić information content (AvgIpc) is 2.42. The van der Waals surface area contributed by atoms with E-state index in [-0.39, 0.29) is 5.56 Å². The van der Waals surface area contributed by atoms with Gasteiger partial charge in [-0.3, -0.25) is 0 Å². The minimum absolute atomic E-state index is 0.0809. The van der Waals surface area contributed by atoms with Crippen molar-refractivity contribution in [2.45, 2.75) is 0 Å². The van der Waals surface area contributed by atoms with Gasteiger partial charge < -0.3 is 15.7 Å². The Kier molecular flexibility index (Phi) is 4.67. The van der Waals surface area contributed by atoms with Gasteiger partial charge in [-0.25, -0.2) is 9.59 Å². The number of anilines is 2. The van der Waals surface area contributed by atoms with Crippen molar-refractivity contribution in [1.82, 2.24) is 0 Å². The number of benzene rings is 2. The predicted octanol–water partition coefficient (Wildman–Crippen LogP) is 4.34. The second kappa shape index (κ2) is 6.47. The van der Waals surface area contributed by atoms with Gasteiger partial charge in [-0.2, -0.15) is 0 Å². The predicted molar refractivity (Wildman–Crippen MR) is 82.5 cm³/mol. The highest BCUT2D eigenvalue weighted by Crippen LogP contribution is 2.25. The van der Waals surface area contributed by atoms with E-state index in [9.17, 15) is 9.59 Å². The Balaban J connectivity index is 2.08. The van der Waals surface area contributed by atoms with Gasteiger partial charge in [-0.15, -0.1) is 0 Å². The molecule has 0 heterocycles. The smallest absolute Gasteiger partial charge is 0.335 e. The molecule has 0 fully saturated rings. The first kappa shape index (κ1) is 15.2. The number of urea groups is 1. The third kappa shape index (κ3) is 4.11. The molecule has 2 amide bonds. The maximum absolute atomic E-state index is 11.8. The summed E-state index contributed by atoms with van der Waals surface area (Å²) < 4.78 is 0. The zero-order valence-electron chi connectivity index (χ0n) is 10.6. The monoisotopic (exact) mass is 324 g/mol. The summed E-state index contributed by atoms with van der Waals surface area (Å²) in [6, 6.07) is 10.0. The highest BCUT2D eigenvalue weighted by molar-refractivity contribution is 6.36. The molecule has 7 heteroatoms. The van der Waals surface area contributed by atoms with Crippen molar-refractivity contribution in [3.8, 4) is 0 Å². The van der Waals surface area contributed by atoms with Crippen LogP contribution in [0.15, 0.2) is 42.5 Å². The highest BCUT2D eigenvalue weighted by atomic mass is 35.5. The van der Waals surface area contributed by atoms with Crippen LogP contribution in [-0.4, -0.2) is 17.1 Å². The maximum Gasteiger partial charge on any atom is 0.335 e. The summed E-state index contributed by atoms with van der Waals surface area (Å²) in [6.07, 6.45) is 0. The number of aromatic carboxylic acids is 1. The lowest BCUT2D eigenvalue weighted by Gasteiger charge is -2.09. The van der Waals surface area contributed by atoms with Crippen molar-refractivity contribution in [3.05, 3.63) is 58.1 Å². The number of hydrogen-bond donors (Lipinski definition) is 3. The van der Waals surface area contributed by atoms with Crippen LogP contribution in [0.2, 0.25) is 10.0 Å². The fourth-order valence-electron chi connectivity index (χ4n) is 1.61. The quantitative estimate of drug-likeness (QED) is 0.785. The van der Waals surface area contributed by atoms with Crippen molar-refractivity contribution in [2.75, 3.05) is 10.6 Å². The van der Waals surface area contributed by atoms with Crippen LogP contribution in [0.25, 0.3) is 0 Å². The molecular formula is C14H10Cl2N2O3. The van der Waals surface area contributed by atoms with E-state index in [0.717, 1.165) is 0 Å². The molecule has 0 aromatic heterocycles. The Morgan fingerprint density at radius 3 is 2.43 bits per heavy atom. The lowest BCUT2D eigenvalue weighted by Crippen LogP contribution is -2.19. The molecule has 0 saturated carbocycles. The molecule has 0 atom stereocenters. The number of rotatable bonds is 3. The van der Waals surface area contributed by atoms with E-state index in [0.29, 0.717) is 21.4 Å². The second-order valence-corrected chi connectivity index (χ2v) is 4.93. The van der Waals surface area contributed by atoms with Gasteiger partial charge in [0.25, 0.3) is 0 Å². The van der Waals surface area contributed by atoms with Gasteiger partial charge in [-0.1, -0.05) is 29.3 Å². The number of hydrogen-bond acceptors (Lipinski definition) is 2. The SMILES string of the molecule is O=C(Nc1cccc(C(=O)O)c1)Nc1ccc(Cl)cc1Cl. The summed E-state index contributed by atoms with van der Waals surface area (Å²) in [7, 11) is 0. The molecule has 2 rings (SSSR count). The van der Waals surface area contributed by atoms with Gasteiger partial charge in [-0.05, 0) is 36.4 Å². The van der Waals surface area contributed by atoms with Crippen LogP contribution < -0.4 is 10.6 Å². The van der Waals surface area contributed by atoms with E-state index in [1.165, 1.54) is 24.3 Å². The van der Waals surface area contributed by atoms with E-state index in [2.05, 4.69) is 10.6 Å². The van der Waals surface area contributed by atoms with Crippen molar-refractivity contribution in [1.29, 1.82) is 0 Å². The molecule has 0 saturated heterocycles. The number of amides is 2. The Morgan fingerprint density at radius 1 is 1.00 bits per heavy atom. The Bertz CT molecular complexity index is 704. The highest BCUT2D eigenvalue weighted by Gasteiger charge is 2.08. The normalized spacial score (nSPS) is 10.0. The lowest BCUT2D eigenvalue weighted by molar-refractivity contribution is 0.0697. The van der Waals surface area contributed by atoms with E-state index in [1.54, 1.807) is 18.2 Å². The first-order valence-electron chi connectivity index (χ1n) is 5.82. The first-order chi connectivity index (χ1) is 9.95. The summed E-state index contributed by atoms with van der Waals surface area (Å²) in [5.74, 6) is -1.07. The lowest BCUT2D eigenvalue weighted by atomic mass is 10.2. The molecule has 0 aliphatic rings. The number of nitrogens with one attached hydrogen (secondary N) is 2. The third-order valence-electron chi connectivity index (χ3n) is 2.55. The molecule has 2 aromatic rings. The molecule has 0 aliphatic heterocycles. The third-order valence-corrected chi connectivity index (χ3v) is 3.09. The number of carbonyl (C=O) groups is 2. The van der Waals surface area contributed by atoms with Crippen LogP contribution in [-0.2, 0) is 0 Å². The summed E-state index contributed by atoms with van der Waals surface area (Å²) in [4.78, 5) is 22.7. The number of halogens is 2. The Morgan fingerprint density at radius 2 is 1.76 bits per heavy atom. The van der Waals surface area contributed by atoms with Crippen molar-refractivity contribution >= 4 is 46.6 Å². The fourth-order valence-corrected chi connectivity index (χ4v) is 2.06. The molecule has 5 nitrogen and oxygen atoms in total. The van der Waals surface area contributed by atoms with E-state index in [1.807, 2.05) is 0 Å². The minimum Gasteiger partial charge on any atom is -0.478 e. The van der Waals surface area contributed by atoms with E-state index < -0.39 is 12.0 Å². The van der Waals surface area contributed by atoms with Crippen molar-refractivity contribution in [2.24, 2.45) is 0 Å². The van der Waals surface area contributed by atoms with Crippen LogP contribution in [0.3, 0.4) is 0 Å². The van der Waals surface area contributed by atoms with Crippen LogP contribution in [0.4, 0.5) is 16.2 Å². The largest absolute Gasteiger partial charge is 0.478 e. The standard InChI is InChI=1S/C14H10Cl2N2O3/c15-9-4-5-12(11(16)7-9)18-14(21)17-10-3-1-2-8(6-10)13(19)20/h1-7H,(H,19,20)(H2,17,18,21). The Hall–Kier alpha value is -2.24. The molecule has 3 N–H and O–H groups in total. The van der Waals surface area contributed by atoms with Gasteiger partial charge in [0.2, 0.25) is 0 Å². The zero-order chi connectivity index (χ0) is 15.4. The molecular weight excluding hydrogens is 315 g/mol. The second-order valence-electron chi connectivity index (χ2n) is 4.09. The summed E-state index contributed by atoms with van der Waals surface area (Å²) >= 11 is 11.7. The number of carboxylic acid groups (broad SMARTS) is 1. The average molecular weight is 325 g/mol. The molecule has 21 heavy (non-hydrogen) atoms. The van der Waals surface area contributed by atoms with Gasteiger partial charge in [0.1, 0.15) is 0 Å². The summed E-state index contributed by atoms with van der Waals surface area (Å²) in [5, 5.41) is 14.7. The molecule has 0 bridgehead atoms. The topological polar surface area (TPSA) is 78.4 Å². The molecule has 0 unspecified atom stereocenters. The van der Waals surface area contributed by atoms with Gasteiger partial charge >= 0.3 is 12.0 Å². The summed E-state index contributed by atoms with van der Waals surface area (Å²) in [6.45, 7) is 0. The zero-order valence-corrected chi connectivity index (χ0v) is 12.1. The number of carboxylic acids is 1. The van der Waals surface area contributed by atoms with Crippen molar-refractivity contribution in [3.63, 3.8) is 0 Å². The molecule has 2 aromatic carbocycles. The van der Waals surface area contributed by atoms with Crippen LogP contribution in [0, 0.1) is 0 Å².